The zero-order valence-corrected chi connectivity index (χ0v) is 12.4. The number of nitrogen functional groups attached to an aromatic ring is 1. The van der Waals surface area contributed by atoms with Gasteiger partial charge in [0.2, 0.25) is 0 Å². The lowest BCUT2D eigenvalue weighted by Crippen LogP contribution is -2.26. The average Bonchev–Trinajstić information content (AvgIpc) is 2.52. The van der Waals surface area contributed by atoms with Crippen molar-refractivity contribution in [3.63, 3.8) is 0 Å². The third-order valence-electron chi connectivity index (χ3n) is 3.23. The van der Waals surface area contributed by atoms with Gasteiger partial charge in [-0.3, -0.25) is 0 Å². The first-order chi connectivity index (χ1) is 10.6. The Kier molecular flexibility index (Phi) is 5.20. The van der Waals surface area contributed by atoms with Crippen LogP contribution >= 0.6 is 0 Å². The molecule has 0 fully saturated rings. The lowest BCUT2D eigenvalue weighted by molar-refractivity contribution is -0.145. The minimum atomic E-state index is -0.959. The van der Waals surface area contributed by atoms with Gasteiger partial charge in [0.05, 0.1) is 0 Å². The Bertz CT molecular complexity index is 662. The molecule has 0 heterocycles. The number of hydrogen-bond donors (Lipinski definition) is 2. The van der Waals surface area contributed by atoms with Gasteiger partial charge in [-0.1, -0.05) is 49.4 Å². The molecule has 0 saturated carbocycles. The molecule has 4 nitrogen and oxygen atoms in total. The van der Waals surface area contributed by atoms with E-state index in [1.165, 1.54) is 0 Å². The summed E-state index contributed by atoms with van der Waals surface area (Å²) in [6, 6.07) is 14.9. The van der Waals surface area contributed by atoms with E-state index in [4.69, 9.17) is 15.6 Å². The molecule has 0 spiro atoms. The van der Waals surface area contributed by atoms with Crippen molar-refractivity contribution in [1.82, 2.24) is 0 Å². The molecule has 114 valence electrons. The molecule has 1 unspecified atom stereocenters. The summed E-state index contributed by atoms with van der Waals surface area (Å²) in [6.07, 6.45) is 3.40. The third-order valence-corrected chi connectivity index (χ3v) is 3.23. The minimum absolute atomic E-state index is 0.408. The highest BCUT2D eigenvalue weighted by molar-refractivity contribution is 5.75. The van der Waals surface area contributed by atoms with Gasteiger partial charge in [0.25, 0.3) is 0 Å². The van der Waals surface area contributed by atoms with E-state index >= 15 is 0 Å². The predicted molar refractivity (Wildman–Crippen MR) is 88.6 cm³/mol. The number of ether oxygens (including phenoxy) is 1. The molecule has 0 aromatic heterocycles. The van der Waals surface area contributed by atoms with E-state index in [1.807, 2.05) is 54.6 Å². The Morgan fingerprint density at radius 2 is 1.86 bits per heavy atom. The molecule has 0 radical (unpaired) electrons. The number of para-hydroxylation sites is 1. The summed E-state index contributed by atoms with van der Waals surface area (Å²) < 4.78 is 5.59. The Labute approximate surface area is 129 Å². The van der Waals surface area contributed by atoms with E-state index in [0.717, 1.165) is 11.1 Å². The van der Waals surface area contributed by atoms with Crippen LogP contribution in [0, 0.1) is 0 Å². The first-order valence-electron chi connectivity index (χ1n) is 7.12. The Morgan fingerprint density at radius 3 is 2.50 bits per heavy atom. The molecule has 2 aromatic rings. The zero-order valence-electron chi connectivity index (χ0n) is 12.4. The molecule has 0 aliphatic rings. The maximum Gasteiger partial charge on any atom is 0.344 e. The summed E-state index contributed by atoms with van der Waals surface area (Å²) in [5, 5.41) is 9.10. The second-order valence-electron chi connectivity index (χ2n) is 4.89. The van der Waals surface area contributed by atoms with Gasteiger partial charge in [0.1, 0.15) is 5.75 Å². The van der Waals surface area contributed by atoms with Gasteiger partial charge in [-0.2, -0.15) is 0 Å². The molecule has 0 aliphatic heterocycles. The van der Waals surface area contributed by atoms with Crippen molar-refractivity contribution >= 4 is 23.8 Å². The largest absolute Gasteiger partial charge is 0.479 e. The van der Waals surface area contributed by atoms with E-state index in [2.05, 4.69) is 0 Å². The summed E-state index contributed by atoms with van der Waals surface area (Å²) in [6.45, 7) is 1.78. The highest BCUT2D eigenvalue weighted by atomic mass is 16.5. The van der Waals surface area contributed by atoms with E-state index in [0.29, 0.717) is 17.9 Å². The van der Waals surface area contributed by atoms with Crippen molar-refractivity contribution < 1.29 is 14.6 Å². The lowest BCUT2D eigenvalue weighted by Gasteiger charge is -2.15. The van der Waals surface area contributed by atoms with Crippen LogP contribution in [0.2, 0.25) is 0 Å². The van der Waals surface area contributed by atoms with Gasteiger partial charge >= 0.3 is 5.97 Å². The Balaban J connectivity index is 2.20. The molecule has 0 aliphatic carbocycles. The molecular formula is C18H19NO3. The molecule has 2 rings (SSSR count). The molecule has 22 heavy (non-hydrogen) atoms. The zero-order chi connectivity index (χ0) is 15.9. The van der Waals surface area contributed by atoms with Crippen molar-refractivity contribution in [2.24, 2.45) is 0 Å². The van der Waals surface area contributed by atoms with E-state index in [-0.39, 0.29) is 0 Å². The summed E-state index contributed by atoms with van der Waals surface area (Å²) in [5.41, 5.74) is 8.21. The van der Waals surface area contributed by atoms with Gasteiger partial charge in [-0.25, -0.2) is 4.79 Å². The van der Waals surface area contributed by atoms with Crippen LogP contribution in [-0.2, 0) is 4.79 Å². The van der Waals surface area contributed by atoms with Crippen LogP contribution < -0.4 is 10.5 Å². The SMILES string of the molecule is CCC(Oc1ccccc1C=Cc1ccc(N)cc1)C(=O)O. The highest BCUT2D eigenvalue weighted by Gasteiger charge is 2.17. The van der Waals surface area contributed by atoms with Crippen LogP contribution in [-0.4, -0.2) is 17.2 Å². The van der Waals surface area contributed by atoms with Gasteiger partial charge in [-0.05, 0) is 30.2 Å². The number of carboxylic acid groups (broad SMARTS) is 1. The quantitative estimate of drug-likeness (QED) is 0.630. The van der Waals surface area contributed by atoms with Crippen LogP contribution in [0.5, 0.6) is 5.75 Å². The number of rotatable bonds is 6. The molecule has 0 amide bonds. The second-order valence-corrected chi connectivity index (χ2v) is 4.89. The molecule has 2 aromatic carbocycles. The van der Waals surface area contributed by atoms with Crippen LogP contribution in [0.15, 0.2) is 48.5 Å². The van der Waals surface area contributed by atoms with E-state index < -0.39 is 12.1 Å². The smallest absolute Gasteiger partial charge is 0.344 e. The molecule has 4 heteroatoms. The normalized spacial score (nSPS) is 12.2. The van der Waals surface area contributed by atoms with E-state index in [1.54, 1.807) is 13.0 Å². The second kappa shape index (κ2) is 7.31. The third kappa shape index (κ3) is 4.12. The maximum atomic E-state index is 11.1. The lowest BCUT2D eigenvalue weighted by atomic mass is 10.1. The monoisotopic (exact) mass is 297 g/mol. The van der Waals surface area contributed by atoms with Crippen molar-refractivity contribution in [2.45, 2.75) is 19.4 Å². The fourth-order valence-corrected chi connectivity index (χ4v) is 1.98. The van der Waals surface area contributed by atoms with Crippen molar-refractivity contribution in [3.05, 3.63) is 59.7 Å². The van der Waals surface area contributed by atoms with Gasteiger partial charge in [-0.15, -0.1) is 0 Å². The summed E-state index contributed by atoms with van der Waals surface area (Å²) in [5.74, 6) is -0.400. The Hall–Kier alpha value is -2.75. The molecule has 0 saturated heterocycles. The standard InChI is InChI=1S/C18H19NO3/c1-2-16(18(20)21)22-17-6-4-3-5-14(17)10-7-13-8-11-15(19)12-9-13/h3-12,16H,2,19H2,1H3,(H,20,21). The summed E-state index contributed by atoms with van der Waals surface area (Å²) >= 11 is 0. The first kappa shape index (κ1) is 15.6. The van der Waals surface area contributed by atoms with Gasteiger partial charge in [0.15, 0.2) is 6.10 Å². The van der Waals surface area contributed by atoms with Crippen molar-refractivity contribution in [1.29, 1.82) is 0 Å². The van der Waals surface area contributed by atoms with Crippen molar-refractivity contribution in [3.8, 4) is 5.75 Å². The van der Waals surface area contributed by atoms with Crippen LogP contribution in [0.1, 0.15) is 24.5 Å². The van der Waals surface area contributed by atoms with Crippen LogP contribution in [0.25, 0.3) is 12.2 Å². The Morgan fingerprint density at radius 1 is 1.18 bits per heavy atom. The fourth-order valence-electron chi connectivity index (χ4n) is 1.98. The topological polar surface area (TPSA) is 72.5 Å². The number of anilines is 1. The number of aliphatic carboxylic acids is 1. The highest BCUT2D eigenvalue weighted by Crippen LogP contribution is 2.23. The number of benzene rings is 2. The molecule has 0 bridgehead atoms. The fraction of sp³-hybridized carbons (Fsp3) is 0.167. The molecular weight excluding hydrogens is 278 g/mol. The number of carboxylic acids is 1. The van der Waals surface area contributed by atoms with E-state index in [9.17, 15) is 4.79 Å². The first-order valence-corrected chi connectivity index (χ1v) is 7.12. The summed E-state index contributed by atoms with van der Waals surface area (Å²) in [7, 11) is 0. The number of nitrogens with two attached hydrogens (primary N) is 1. The average molecular weight is 297 g/mol. The molecule has 3 N–H and O–H groups in total. The number of hydrogen-bond acceptors (Lipinski definition) is 3. The molecule has 1 atom stereocenters. The van der Waals surface area contributed by atoms with Crippen LogP contribution in [0.4, 0.5) is 5.69 Å². The van der Waals surface area contributed by atoms with Gasteiger partial charge in [0, 0.05) is 11.3 Å². The summed E-state index contributed by atoms with van der Waals surface area (Å²) in [4.78, 5) is 11.1. The van der Waals surface area contributed by atoms with Gasteiger partial charge < -0.3 is 15.6 Å². The van der Waals surface area contributed by atoms with Crippen molar-refractivity contribution in [2.75, 3.05) is 5.73 Å². The predicted octanol–water partition coefficient (Wildman–Crippen LogP) is 3.68. The number of carbonyl (C=O) groups is 1. The maximum absolute atomic E-state index is 11.1. The minimum Gasteiger partial charge on any atom is -0.479 e. The van der Waals surface area contributed by atoms with Crippen LogP contribution in [0.3, 0.4) is 0 Å².